The van der Waals surface area contributed by atoms with Gasteiger partial charge in [0.15, 0.2) is 0 Å². The van der Waals surface area contributed by atoms with Gasteiger partial charge in [-0.3, -0.25) is 9.10 Å². The van der Waals surface area contributed by atoms with E-state index in [1.165, 1.54) is 28.6 Å². The molecular formula is C17H25N3O7S2. The van der Waals surface area contributed by atoms with Crippen molar-refractivity contribution in [3.8, 4) is 0 Å². The summed E-state index contributed by atoms with van der Waals surface area (Å²) in [5, 5.41) is 0. The van der Waals surface area contributed by atoms with Crippen molar-refractivity contribution < 1.29 is 31.1 Å². The number of sulfonamides is 2. The number of morpholine rings is 2. The molecule has 162 valence electrons. The molecule has 29 heavy (non-hydrogen) atoms. The van der Waals surface area contributed by atoms with Crippen LogP contribution in [0.4, 0.5) is 5.69 Å². The minimum atomic E-state index is -3.74. The second-order valence-corrected chi connectivity index (χ2v) is 10.6. The summed E-state index contributed by atoms with van der Waals surface area (Å²) in [4.78, 5) is 14.1. The van der Waals surface area contributed by atoms with Gasteiger partial charge in [0.2, 0.25) is 26.0 Å². The van der Waals surface area contributed by atoms with Crippen LogP contribution in [-0.4, -0.2) is 97.4 Å². The van der Waals surface area contributed by atoms with Crippen LogP contribution in [0, 0.1) is 0 Å². The molecule has 0 aromatic heterocycles. The molecule has 0 N–H and O–H groups in total. The van der Waals surface area contributed by atoms with E-state index in [2.05, 4.69) is 0 Å². The number of benzene rings is 1. The van der Waals surface area contributed by atoms with Crippen molar-refractivity contribution in [3.05, 3.63) is 24.3 Å². The zero-order chi connectivity index (χ0) is 21.1. The highest BCUT2D eigenvalue weighted by Gasteiger charge is 2.28. The Morgan fingerprint density at radius 3 is 1.97 bits per heavy atom. The summed E-state index contributed by atoms with van der Waals surface area (Å²) < 4.78 is 62.7. The molecule has 2 heterocycles. The van der Waals surface area contributed by atoms with E-state index in [0.717, 1.165) is 10.6 Å². The van der Waals surface area contributed by atoms with Gasteiger partial charge in [-0.2, -0.15) is 4.31 Å². The first kappa shape index (κ1) is 22.0. The van der Waals surface area contributed by atoms with Crippen molar-refractivity contribution in [3.63, 3.8) is 0 Å². The SMILES string of the molecule is CS(=O)(=O)N(CC(=O)N1CCOCC1)c1ccc(S(=O)(=O)N2CCOCC2)cc1. The van der Waals surface area contributed by atoms with Gasteiger partial charge < -0.3 is 14.4 Å². The molecule has 2 saturated heterocycles. The van der Waals surface area contributed by atoms with Gasteiger partial charge in [-0.05, 0) is 24.3 Å². The molecule has 10 nitrogen and oxygen atoms in total. The summed E-state index contributed by atoms with van der Waals surface area (Å²) in [5.74, 6) is -0.330. The maximum Gasteiger partial charge on any atom is 0.243 e. The Bertz CT molecular complexity index is 920. The Kier molecular flexibility index (Phi) is 6.79. The maximum absolute atomic E-state index is 12.7. The Hall–Kier alpha value is -1.73. The van der Waals surface area contributed by atoms with Crippen molar-refractivity contribution in [2.75, 3.05) is 69.7 Å². The van der Waals surface area contributed by atoms with Crippen LogP contribution in [0.25, 0.3) is 0 Å². The fraction of sp³-hybridized carbons (Fsp3) is 0.588. The summed E-state index contributed by atoms with van der Waals surface area (Å²) in [6, 6.07) is 5.52. The third kappa shape index (κ3) is 5.25. The predicted molar refractivity (Wildman–Crippen MR) is 106 cm³/mol. The molecule has 1 amide bonds. The second-order valence-electron chi connectivity index (χ2n) is 6.77. The van der Waals surface area contributed by atoms with Crippen molar-refractivity contribution >= 4 is 31.6 Å². The summed E-state index contributed by atoms with van der Waals surface area (Å²) in [7, 11) is -7.43. The molecule has 0 atom stereocenters. The third-order valence-corrected chi connectivity index (χ3v) is 7.83. The van der Waals surface area contributed by atoms with Crippen molar-refractivity contribution in [1.29, 1.82) is 0 Å². The van der Waals surface area contributed by atoms with Gasteiger partial charge >= 0.3 is 0 Å². The highest BCUT2D eigenvalue weighted by molar-refractivity contribution is 7.92. The van der Waals surface area contributed by atoms with E-state index in [9.17, 15) is 21.6 Å². The summed E-state index contributed by atoms with van der Waals surface area (Å²) in [6.45, 7) is 2.51. The van der Waals surface area contributed by atoms with E-state index in [-0.39, 0.29) is 36.1 Å². The standard InChI is InChI=1S/C17H25N3O7S2/c1-28(22,23)20(14-17(21)18-6-10-26-11-7-18)15-2-4-16(5-3-15)29(24,25)19-8-12-27-13-9-19/h2-5H,6-14H2,1H3. The number of nitrogens with zero attached hydrogens (tertiary/aromatic N) is 3. The molecule has 0 spiro atoms. The summed E-state index contributed by atoms with van der Waals surface area (Å²) in [5.41, 5.74) is 0.232. The number of hydrogen-bond donors (Lipinski definition) is 0. The van der Waals surface area contributed by atoms with Crippen LogP contribution < -0.4 is 4.31 Å². The fourth-order valence-corrected chi connectivity index (χ4v) is 5.41. The lowest BCUT2D eigenvalue weighted by molar-refractivity contribution is -0.133. The van der Waals surface area contributed by atoms with Gasteiger partial charge in [-0.15, -0.1) is 0 Å². The largest absolute Gasteiger partial charge is 0.379 e. The van der Waals surface area contributed by atoms with Crippen LogP contribution in [0.15, 0.2) is 29.2 Å². The number of rotatable bonds is 6. The first-order valence-corrected chi connectivity index (χ1v) is 12.5. The van der Waals surface area contributed by atoms with Crippen molar-refractivity contribution in [2.45, 2.75) is 4.90 Å². The van der Waals surface area contributed by atoms with E-state index in [1.807, 2.05) is 0 Å². The lowest BCUT2D eigenvalue weighted by Crippen LogP contribution is -2.47. The quantitative estimate of drug-likeness (QED) is 0.568. The zero-order valence-corrected chi connectivity index (χ0v) is 17.8. The molecule has 0 bridgehead atoms. The molecule has 1 aromatic rings. The topological polar surface area (TPSA) is 114 Å². The van der Waals surface area contributed by atoms with Crippen LogP contribution in [0.3, 0.4) is 0 Å². The lowest BCUT2D eigenvalue weighted by Gasteiger charge is -2.30. The molecule has 12 heteroatoms. The molecule has 0 unspecified atom stereocenters. The predicted octanol–water partition coefficient (Wildman–Crippen LogP) is -0.668. The van der Waals surface area contributed by atoms with Gasteiger partial charge in [0, 0.05) is 26.2 Å². The highest BCUT2D eigenvalue weighted by atomic mass is 32.2. The van der Waals surface area contributed by atoms with E-state index >= 15 is 0 Å². The molecule has 2 aliphatic rings. The molecule has 0 saturated carbocycles. The number of anilines is 1. The average Bonchev–Trinajstić information content (AvgIpc) is 2.72. The number of ether oxygens (including phenoxy) is 2. The van der Waals surface area contributed by atoms with Crippen LogP contribution >= 0.6 is 0 Å². The zero-order valence-electron chi connectivity index (χ0n) is 16.2. The van der Waals surface area contributed by atoms with E-state index in [0.29, 0.717) is 39.5 Å². The van der Waals surface area contributed by atoms with Crippen LogP contribution in [0.1, 0.15) is 0 Å². The Labute approximate surface area is 171 Å². The molecule has 0 aliphatic carbocycles. The molecule has 0 radical (unpaired) electrons. The van der Waals surface area contributed by atoms with E-state index < -0.39 is 20.0 Å². The van der Waals surface area contributed by atoms with Crippen LogP contribution in [-0.2, 0) is 34.3 Å². The number of carbonyl (C=O) groups excluding carboxylic acids is 1. The number of carbonyl (C=O) groups is 1. The summed E-state index contributed by atoms with van der Waals surface area (Å²) >= 11 is 0. The summed E-state index contributed by atoms with van der Waals surface area (Å²) in [6.07, 6.45) is 1.01. The van der Waals surface area contributed by atoms with Gasteiger partial charge in [0.1, 0.15) is 6.54 Å². The molecule has 3 rings (SSSR count). The minimum Gasteiger partial charge on any atom is -0.379 e. The Morgan fingerprint density at radius 2 is 1.45 bits per heavy atom. The highest BCUT2D eigenvalue weighted by Crippen LogP contribution is 2.23. The van der Waals surface area contributed by atoms with Crippen LogP contribution in [0.2, 0.25) is 0 Å². The fourth-order valence-electron chi connectivity index (χ4n) is 3.16. The van der Waals surface area contributed by atoms with Gasteiger partial charge in [-0.1, -0.05) is 0 Å². The smallest absolute Gasteiger partial charge is 0.243 e. The first-order chi connectivity index (χ1) is 13.7. The van der Waals surface area contributed by atoms with E-state index in [4.69, 9.17) is 9.47 Å². The number of hydrogen-bond acceptors (Lipinski definition) is 7. The van der Waals surface area contributed by atoms with Crippen molar-refractivity contribution in [1.82, 2.24) is 9.21 Å². The molecule has 2 aliphatic heterocycles. The maximum atomic E-state index is 12.7. The van der Waals surface area contributed by atoms with Gasteiger partial charge in [0.05, 0.1) is 43.3 Å². The lowest BCUT2D eigenvalue weighted by atomic mass is 10.3. The third-order valence-electron chi connectivity index (χ3n) is 4.78. The average molecular weight is 448 g/mol. The van der Waals surface area contributed by atoms with Gasteiger partial charge in [-0.25, -0.2) is 16.8 Å². The number of amides is 1. The Balaban J connectivity index is 1.79. The van der Waals surface area contributed by atoms with Crippen LogP contribution in [0.5, 0.6) is 0 Å². The molecule has 2 fully saturated rings. The monoisotopic (exact) mass is 447 g/mol. The minimum absolute atomic E-state index is 0.0658. The second kappa shape index (κ2) is 8.96. The Morgan fingerprint density at radius 1 is 0.931 bits per heavy atom. The van der Waals surface area contributed by atoms with E-state index in [1.54, 1.807) is 4.90 Å². The first-order valence-electron chi connectivity index (χ1n) is 9.21. The normalized spacial score (nSPS) is 19.1. The molecule has 1 aromatic carbocycles. The van der Waals surface area contributed by atoms with Gasteiger partial charge in [0.25, 0.3) is 0 Å². The molecular weight excluding hydrogens is 422 g/mol. The van der Waals surface area contributed by atoms with Crippen molar-refractivity contribution in [2.24, 2.45) is 0 Å².